The molecule has 1 N–H and O–H groups in total. The van der Waals surface area contributed by atoms with Crippen molar-refractivity contribution in [3.05, 3.63) is 59.1 Å². The van der Waals surface area contributed by atoms with Crippen LogP contribution in [0.2, 0.25) is 5.02 Å². The summed E-state index contributed by atoms with van der Waals surface area (Å²) < 4.78 is 5.26. The van der Waals surface area contributed by atoms with E-state index in [2.05, 4.69) is 5.32 Å². The summed E-state index contributed by atoms with van der Waals surface area (Å²) in [5.41, 5.74) is 0.975. The van der Waals surface area contributed by atoms with Crippen LogP contribution in [0, 0.1) is 0 Å². The number of carbonyl (C=O) groups excluding carboxylic acids is 2. The van der Waals surface area contributed by atoms with Gasteiger partial charge in [-0.3, -0.25) is 9.59 Å². The molecule has 0 radical (unpaired) electrons. The summed E-state index contributed by atoms with van der Waals surface area (Å²) in [5, 5.41) is 3.92. The van der Waals surface area contributed by atoms with Crippen LogP contribution in [0.25, 0.3) is 0 Å². The Hall–Kier alpha value is -2.18. The quantitative estimate of drug-likeness (QED) is 0.378. The summed E-state index contributed by atoms with van der Waals surface area (Å²) in [6.45, 7) is 2.37. The maximum atomic E-state index is 13.4. The zero-order valence-corrected chi connectivity index (χ0v) is 21.7. The highest BCUT2D eigenvalue weighted by molar-refractivity contribution is 7.99. The average molecular weight is 503 g/mol. The standard InChI is InChI=1S/C27H35ClN2O3S/c1-3-25(27(32)29-22-7-5-4-6-8-22)30(19-20-9-13-23(33-2)14-10-20)26(31)17-18-34-24-15-11-21(28)12-16-24/h9-16,22,25H,3-8,17-19H2,1-2H3,(H,29,32)/t25-/m0/s1. The minimum atomic E-state index is -0.489. The van der Waals surface area contributed by atoms with Crippen molar-refractivity contribution in [2.45, 2.75) is 75.4 Å². The molecule has 0 unspecified atom stereocenters. The maximum absolute atomic E-state index is 13.4. The second kappa shape index (κ2) is 13.6. The summed E-state index contributed by atoms with van der Waals surface area (Å²) in [5.74, 6) is 1.35. The average Bonchev–Trinajstić information content (AvgIpc) is 2.86. The third-order valence-corrected chi connectivity index (χ3v) is 7.51. The molecular formula is C27H35ClN2O3S. The molecule has 0 spiro atoms. The largest absolute Gasteiger partial charge is 0.497 e. The van der Waals surface area contributed by atoms with E-state index in [0.29, 0.717) is 30.2 Å². The number of methoxy groups -OCH3 is 1. The number of nitrogens with zero attached hydrogens (tertiary/aromatic N) is 1. The first-order valence-corrected chi connectivity index (χ1v) is 13.5. The van der Waals surface area contributed by atoms with Gasteiger partial charge in [0.1, 0.15) is 11.8 Å². The third kappa shape index (κ3) is 7.95. The fourth-order valence-electron chi connectivity index (χ4n) is 4.32. The number of amides is 2. The minimum Gasteiger partial charge on any atom is -0.497 e. The summed E-state index contributed by atoms with van der Waals surface area (Å²) in [6.07, 6.45) is 6.51. The van der Waals surface area contributed by atoms with Gasteiger partial charge >= 0.3 is 0 Å². The van der Waals surface area contributed by atoms with Crippen molar-refractivity contribution in [3.8, 4) is 5.75 Å². The zero-order valence-electron chi connectivity index (χ0n) is 20.1. The van der Waals surface area contributed by atoms with Gasteiger partial charge in [0.2, 0.25) is 11.8 Å². The van der Waals surface area contributed by atoms with Gasteiger partial charge in [-0.25, -0.2) is 0 Å². The fourth-order valence-corrected chi connectivity index (χ4v) is 5.29. The molecule has 1 aliphatic carbocycles. The molecule has 0 saturated heterocycles. The summed E-state index contributed by atoms with van der Waals surface area (Å²) in [6, 6.07) is 15.0. The number of halogens is 1. The van der Waals surface area contributed by atoms with Gasteiger partial charge in [0.15, 0.2) is 0 Å². The summed E-state index contributed by atoms with van der Waals surface area (Å²) >= 11 is 7.59. The number of hydrogen-bond donors (Lipinski definition) is 1. The lowest BCUT2D eigenvalue weighted by atomic mass is 9.95. The Morgan fingerprint density at radius 2 is 1.76 bits per heavy atom. The van der Waals surface area contributed by atoms with Crippen LogP contribution < -0.4 is 10.1 Å². The Bertz CT molecular complexity index is 914. The van der Waals surface area contributed by atoms with Crippen LogP contribution in [-0.2, 0) is 16.1 Å². The lowest BCUT2D eigenvalue weighted by Crippen LogP contribution is -2.51. The Morgan fingerprint density at radius 1 is 1.09 bits per heavy atom. The van der Waals surface area contributed by atoms with Crippen LogP contribution in [0.3, 0.4) is 0 Å². The molecule has 0 aromatic heterocycles. The highest BCUT2D eigenvalue weighted by atomic mass is 35.5. The predicted molar refractivity (Wildman–Crippen MR) is 139 cm³/mol. The van der Waals surface area contributed by atoms with E-state index in [1.807, 2.05) is 55.5 Å². The molecule has 1 atom stereocenters. The molecular weight excluding hydrogens is 468 g/mol. The zero-order chi connectivity index (χ0) is 24.3. The Morgan fingerprint density at radius 3 is 2.38 bits per heavy atom. The first kappa shape index (κ1) is 26.4. The van der Waals surface area contributed by atoms with Crippen LogP contribution in [-0.4, -0.2) is 41.7 Å². The van der Waals surface area contributed by atoms with E-state index in [1.54, 1.807) is 23.8 Å². The van der Waals surface area contributed by atoms with Crippen LogP contribution in [0.4, 0.5) is 0 Å². The van der Waals surface area contributed by atoms with E-state index in [-0.39, 0.29) is 17.9 Å². The van der Waals surface area contributed by atoms with E-state index in [1.165, 1.54) is 6.42 Å². The molecule has 5 nitrogen and oxygen atoms in total. The second-order valence-electron chi connectivity index (χ2n) is 8.69. The first-order valence-electron chi connectivity index (χ1n) is 12.1. The lowest BCUT2D eigenvalue weighted by Gasteiger charge is -2.33. The summed E-state index contributed by atoms with van der Waals surface area (Å²) in [4.78, 5) is 29.5. The molecule has 2 aromatic rings. The Labute approximate surface area is 212 Å². The Balaban J connectivity index is 1.69. The van der Waals surface area contributed by atoms with E-state index in [0.717, 1.165) is 41.9 Å². The molecule has 184 valence electrons. The van der Waals surface area contributed by atoms with Gasteiger partial charge in [-0.15, -0.1) is 11.8 Å². The van der Waals surface area contributed by atoms with Gasteiger partial charge in [-0.1, -0.05) is 49.9 Å². The molecule has 1 fully saturated rings. The molecule has 3 rings (SSSR count). The van der Waals surface area contributed by atoms with Crippen molar-refractivity contribution in [1.29, 1.82) is 0 Å². The van der Waals surface area contributed by atoms with E-state index in [4.69, 9.17) is 16.3 Å². The van der Waals surface area contributed by atoms with Gasteiger partial charge in [0, 0.05) is 34.7 Å². The molecule has 0 aliphatic heterocycles. The molecule has 1 saturated carbocycles. The van der Waals surface area contributed by atoms with Gasteiger partial charge in [-0.2, -0.15) is 0 Å². The molecule has 1 aliphatic rings. The SMILES string of the molecule is CC[C@@H](C(=O)NC1CCCCC1)N(Cc1ccc(OC)cc1)C(=O)CCSc1ccc(Cl)cc1. The van der Waals surface area contributed by atoms with Crippen molar-refractivity contribution in [2.24, 2.45) is 0 Å². The van der Waals surface area contributed by atoms with E-state index < -0.39 is 6.04 Å². The number of rotatable bonds is 11. The number of hydrogen-bond acceptors (Lipinski definition) is 4. The monoisotopic (exact) mass is 502 g/mol. The normalized spacial score (nSPS) is 14.9. The molecule has 0 bridgehead atoms. The van der Waals surface area contributed by atoms with Crippen molar-refractivity contribution in [3.63, 3.8) is 0 Å². The van der Waals surface area contributed by atoms with Gasteiger partial charge < -0.3 is 15.0 Å². The first-order chi connectivity index (χ1) is 16.5. The minimum absolute atomic E-state index is 0.0112. The van der Waals surface area contributed by atoms with Crippen molar-refractivity contribution in [2.75, 3.05) is 12.9 Å². The lowest BCUT2D eigenvalue weighted by molar-refractivity contribution is -0.141. The summed E-state index contributed by atoms with van der Waals surface area (Å²) in [7, 11) is 1.63. The molecule has 0 heterocycles. The second-order valence-corrected chi connectivity index (χ2v) is 10.3. The molecule has 2 aromatic carbocycles. The van der Waals surface area contributed by atoms with E-state index in [9.17, 15) is 9.59 Å². The number of benzene rings is 2. The van der Waals surface area contributed by atoms with Crippen LogP contribution in [0.5, 0.6) is 5.75 Å². The van der Waals surface area contributed by atoms with Crippen molar-refractivity contribution < 1.29 is 14.3 Å². The highest BCUT2D eigenvalue weighted by Gasteiger charge is 2.30. The van der Waals surface area contributed by atoms with Crippen molar-refractivity contribution >= 4 is 35.2 Å². The predicted octanol–water partition coefficient (Wildman–Crippen LogP) is 6.09. The fraction of sp³-hybridized carbons (Fsp3) is 0.481. The maximum Gasteiger partial charge on any atom is 0.243 e. The molecule has 2 amide bonds. The molecule has 7 heteroatoms. The number of nitrogens with one attached hydrogen (secondary N) is 1. The number of thioether (sulfide) groups is 1. The number of carbonyl (C=O) groups is 2. The molecule has 34 heavy (non-hydrogen) atoms. The van der Waals surface area contributed by atoms with Crippen LogP contribution in [0.15, 0.2) is 53.4 Å². The smallest absolute Gasteiger partial charge is 0.243 e. The topological polar surface area (TPSA) is 58.6 Å². The van der Waals surface area contributed by atoms with Crippen LogP contribution >= 0.6 is 23.4 Å². The van der Waals surface area contributed by atoms with Gasteiger partial charge in [0.05, 0.1) is 7.11 Å². The third-order valence-electron chi connectivity index (χ3n) is 6.25. The van der Waals surface area contributed by atoms with Crippen molar-refractivity contribution in [1.82, 2.24) is 10.2 Å². The van der Waals surface area contributed by atoms with E-state index >= 15 is 0 Å². The number of ether oxygens (including phenoxy) is 1. The van der Waals surface area contributed by atoms with Crippen LogP contribution in [0.1, 0.15) is 57.4 Å². The highest BCUT2D eigenvalue weighted by Crippen LogP contribution is 2.23. The Kier molecular flexibility index (Phi) is 10.6. The van der Waals surface area contributed by atoms with Gasteiger partial charge in [0.25, 0.3) is 0 Å². The van der Waals surface area contributed by atoms with Gasteiger partial charge in [-0.05, 0) is 61.2 Å².